The lowest BCUT2D eigenvalue weighted by Crippen LogP contribution is -2.53. The van der Waals surface area contributed by atoms with Crippen molar-refractivity contribution in [3.63, 3.8) is 0 Å². The minimum Gasteiger partial charge on any atom is -0.377 e. The van der Waals surface area contributed by atoms with Gasteiger partial charge in [0.15, 0.2) is 0 Å². The zero-order chi connectivity index (χ0) is 15.1. The molecule has 0 spiro atoms. The third-order valence-electron chi connectivity index (χ3n) is 4.91. The predicted molar refractivity (Wildman–Crippen MR) is 92.3 cm³/mol. The monoisotopic (exact) mass is 309 g/mol. The number of hydrogen-bond donors (Lipinski definition) is 1. The Morgan fingerprint density at radius 1 is 1.14 bits per heavy atom. The summed E-state index contributed by atoms with van der Waals surface area (Å²) in [6.07, 6.45) is 9.99. The molecule has 1 N–H and O–H groups in total. The molecular weight excluding hydrogens is 278 g/mol. The SMILES string of the molecule is CCNC(Cc1ccc(CC)s1)C1(OC)CCCCCC1. The molecule has 2 rings (SSSR count). The standard InChI is InChI=1S/C18H31NOS/c1-4-15-10-11-16(21-15)14-17(19-5-2)18(20-3)12-8-6-7-9-13-18/h10-11,17,19H,4-9,12-14H2,1-3H3. The van der Waals surface area contributed by atoms with Gasteiger partial charge in [-0.15, -0.1) is 11.3 Å². The Labute approximate surface area is 134 Å². The summed E-state index contributed by atoms with van der Waals surface area (Å²) in [5, 5.41) is 3.73. The first-order valence-electron chi connectivity index (χ1n) is 8.60. The number of rotatable bonds is 7. The van der Waals surface area contributed by atoms with Crippen LogP contribution in [0.5, 0.6) is 0 Å². The van der Waals surface area contributed by atoms with Crippen molar-refractivity contribution in [3.05, 3.63) is 21.9 Å². The van der Waals surface area contributed by atoms with Gasteiger partial charge in [-0.05, 0) is 44.4 Å². The van der Waals surface area contributed by atoms with Crippen LogP contribution in [0.1, 0.15) is 62.1 Å². The molecule has 1 aliphatic rings. The summed E-state index contributed by atoms with van der Waals surface area (Å²) in [4.78, 5) is 2.99. The lowest BCUT2D eigenvalue weighted by Gasteiger charge is -2.39. The van der Waals surface area contributed by atoms with E-state index >= 15 is 0 Å². The van der Waals surface area contributed by atoms with Crippen LogP contribution in [0.25, 0.3) is 0 Å². The minimum absolute atomic E-state index is 0.0306. The highest BCUT2D eigenvalue weighted by Gasteiger charge is 2.38. The summed E-state index contributed by atoms with van der Waals surface area (Å²) in [6.45, 7) is 5.46. The van der Waals surface area contributed by atoms with Gasteiger partial charge in [-0.3, -0.25) is 0 Å². The Bertz CT molecular complexity index is 407. The Kier molecular flexibility index (Phi) is 6.72. The fraction of sp³-hybridized carbons (Fsp3) is 0.778. The molecule has 1 fully saturated rings. The van der Waals surface area contributed by atoms with Crippen molar-refractivity contribution in [3.8, 4) is 0 Å². The molecule has 0 aliphatic heterocycles. The highest BCUT2D eigenvalue weighted by molar-refractivity contribution is 7.11. The Morgan fingerprint density at radius 2 is 1.81 bits per heavy atom. The lowest BCUT2D eigenvalue weighted by molar-refractivity contribution is -0.0521. The van der Waals surface area contributed by atoms with Gasteiger partial charge in [0.05, 0.1) is 5.60 Å². The van der Waals surface area contributed by atoms with Gasteiger partial charge in [0, 0.05) is 22.9 Å². The van der Waals surface area contributed by atoms with Crippen molar-refractivity contribution in [2.24, 2.45) is 0 Å². The maximum Gasteiger partial charge on any atom is 0.0834 e. The van der Waals surface area contributed by atoms with E-state index in [4.69, 9.17) is 4.74 Å². The van der Waals surface area contributed by atoms with E-state index in [1.165, 1.54) is 48.3 Å². The van der Waals surface area contributed by atoms with Crippen LogP contribution in [0.2, 0.25) is 0 Å². The number of aryl methyl sites for hydroxylation is 1. The van der Waals surface area contributed by atoms with E-state index in [1.807, 2.05) is 18.4 Å². The van der Waals surface area contributed by atoms with Crippen LogP contribution in [0, 0.1) is 0 Å². The molecule has 1 aliphatic carbocycles. The first-order valence-corrected chi connectivity index (χ1v) is 9.42. The Balaban J connectivity index is 2.14. The number of nitrogens with one attached hydrogen (secondary N) is 1. The third kappa shape index (κ3) is 4.30. The quantitative estimate of drug-likeness (QED) is 0.745. The van der Waals surface area contributed by atoms with Gasteiger partial charge in [-0.1, -0.05) is 39.5 Å². The molecule has 1 aromatic heterocycles. The second-order valence-corrected chi connectivity index (χ2v) is 7.47. The molecule has 3 heteroatoms. The average Bonchev–Trinajstić information content (AvgIpc) is 2.82. The predicted octanol–water partition coefficient (Wildman–Crippen LogP) is 4.57. The fourth-order valence-corrected chi connectivity index (χ4v) is 4.64. The summed E-state index contributed by atoms with van der Waals surface area (Å²) in [6, 6.07) is 5.04. The number of ether oxygens (including phenoxy) is 1. The molecule has 1 saturated carbocycles. The average molecular weight is 310 g/mol. The number of methoxy groups -OCH3 is 1. The third-order valence-corrected chi connectivity index (χ3v) is 6.16. The van der Waals surface area contributed by atoms with Crippen molar-refractivity contribution in [2.45, 2.75) is 76.9 Å². The normalized spacial score (nSPS) is 20.1. The van der Waals surface area contributed by atoms with E-state index in [9.17, 15) is 0 Å². The van der Waals surface area contributed by atoms with E-state index < -0.39 is 0 Å². The molecule has 1 atom stereocenters. The van der Waals surface area contributed by atoms with Crippen molar-refractivity contribution in [1.82, 2.24) is 5.32 Å². The maximum atomic E-state index is 6.12. The van der Waals surface area contributed by atoms with Crippen LogP contribution in [0.15, 0.2) is 12.1 Å². The number of hydrogen-bond acceptors (Lipinski definition) is 3. The second kappa shape index (κ2) is 8.30. The molecule has 1 unspecified atom stereocenters. The van der Waals surface area contributed by atoms with Crippen LogP contribution in [0.4, 0.5) is 0 Å². The molecule has 1 aromatic rings. The molecule has 120 valence electrons. The summed E-state index contributed by atoms with van der Waals surface area (Å²) in [5.41, 5.74) is 0.0306. The molecule has 0 bridgehead atoms. The van der Waals surface area contributed by atoms with Crippen molar-refractivity contribution in [1.29, 1.82) is 0 Å². The van der Waals surface area contributed by atoms with Crippen molar-refractivity contribution >= 4 is 11.3 Å². The zero-order valence-corrected chi connectivity index (χ0v) is 14.7. The van der Waals surface area contributed by atoms with E-state index in [1.54, 1.807) is 0 Å². The van der Waals surface area contributed by atoms with Gasteiger partial charge < -0.3 is 10.1 Å². The second-order valence-electron chi connectivity index (χ2n) is 6.22. The van der Waals surface area contributed by atoms with Crippen LogP contribution in [-0.2, 0) is 17.6 Å². The van der Waals surface area contributed by atoms with E-state index in [2.05, 4.69) is 31.3 Å². The van der Waals surface area contributed by atoms with Gasteiger partial charge in [0.1, 0.15) is 0 Å². The summed E-state index contributed by atoms with van der Waals surface area (Å²) in [7, 11) is 1.92. The summed E-state index contributed by atoms with van der Waals surface area (Å²) < 4.78 is 6.12. The fourth-order valence-electron chi connectivity index (χ4n) is 3.64. The molecule has 21 heavy (non-hydrogen) atoms. The Morgan fingerprint density at radius 3 is 2.33 bits per heavy atom. The molecule has 1 heterocycles. The molecule has 0 aromatic carbocycles. The van der Waals surface area contributed by atoms with E-state index in [0.29, 0.717) is 6.04 Å². The minimum atomic E-state index is 0.0306. The highest BCUT2D eigenvalue weighted by atomic mass is 32.1. The van der Waals surface area contributed by atoms with Crippen LogP contribution < -0.4 is 5.32 Å². The zero-order valence-electron chi connectivity index (χ0n) is 13.9. The molecule has 0 amide bonds. The largest absolute Gasteiger partial charge is 0.377 e. The Hall–Kier alpha value is -0.380. The van der Waals surface area contributed by atoms with Gasteiger partial charge in [0.25, 0.3) is 0 Å². The van der Waals surface area contributed by atoms with Crippen LogP contribution in [0.3, 0.4) is 0 Å². The van der Waals surface area contributed by atoms with Gasteiger partial charge in [-0.25, -0.2) is 0 Å². The number of likely N-dealkylation sites (N-methyl/N-ethyl adjacent to an activating group) is 1. The topological polar surface area (TPSA) is 21.3 Å². The van der Waals surface area contributed by atoms with Gasteiger partial charge >= 0.3 is 0 Å². The van der Waals surface area contributed by atoms with Crippen molar-refractivity contribution in [2.75, 3.05) is 13.7 Å². The highest BCUT2D eigenvalue weighted by Crippen LogP contribution is 2.35. The summed E-state index contributed by atoms with van der Waals surface area (Å²) in [5.74, 6) is 0. The maximum absolute atomic E-state index is 6.12. The van der Waals surface area contributed by atoms with Crippen LogP contribution in [-0.4, -0.2) is 25.3 Å². The molecule has 0 saturated heterocycles. The first kappa shape index (κ1) is 17.0. The van der Waals surface area contributed by atoms with Gasteiger partial charge in [-0.2, -0.15) is 0 Å². The van der Waals surface area contributed by atoms with E-state index in [-0.39, 0.29) is 5.60 Å². The van der Waals surface area contributed by atoms with Gasteiger partial charge in [0.2, 0.25) is 0 Å². The molecule has 2 nitrogen and oxygen atoms in total. The summed E-state index contributed by atoms with van der Waals surface area (Å²) >= 11 is 1.97. The van der Waals surface area contributed by atoms with Crippen molar-refractivity contribution < 1.29 is 4.74 Å². The smallest absolute Gasteiger partial charge is 0.0834 e. The molecule has 0 radical (unpaired) electrons. The first-order chi connectivity index (χ1) is 10.2. The number of thiophene rings is 1. The van der Waals surface area contributed by atoms with E-state index in [0.717, 1.165) is 19.4 Å². The lowest BCUT2D eigenvalue weighted by atomic mass is 9.84. The molecular formula is C18H31NOS. The van der Waals surface area contributed by atoms with Crippen LogP contribution >= 0.6 is 11.3 Å².